The third-order valence-electron chi connectivity index (χ3n) is 4.63. The first-order chi connectivity index (χ1) is 16.6. The van der Waals surface area contributed by atoms with Crippen LogP contribution in [0.2, 0.25) is 0 Å². The average molecular weight is 580 g/mol. The van der Waals surface area contributed by atoms with Gasteiger partial charge in [-0.25, -0.2) is 4.79 Å². The van der Waals surface area contributed by atoms with E-state index >= 15 is 0 Å². The van der Waals surface area contributed by atoms with Gasteiger partial charge in [0.25, 0.3) is 5.69 Å². The molecule has 1 aromatic heterocycles. The van der Waals surface area contributed by atoms with Crippen molar-refractivity contribution in [3.63, 3.8) is 0 Å². The maximum absolute atomic E-state index is 12.8. The summed E-state index contributed by atoms with van der Waals surface area (Å²) >= 11 is 0.341. The van der Waals surface area contributed by atoms with Gasteiger partial charge in [0.2, 0.25) is 0 Å². The number of hydrogen-bond donors (Lipinski definition) is 0. The molecule has 11 nitrogen and oxygen atoms in total. The van der Waals surface area contributed by atoms with E-state index in [1.54, 1.807) is 12.1 Å². The number of nitro benzene ring substituents is 1. The third-order valence-corrected chi connectivity index (χ3v) is 7.06. The summed E-state index contributed by atoms with van der Waals surface area (Å²) in [5.41, 5.74) is -1.99. The molecular formula is C21H12BrN2O9S2-. The minimum Gasteiger partial charge on any atom is -0.755 e. The number of nitro groups is 1. The van der Waals surface area contributed by atoms with Crippen LogP contribution >= 0.6 is 15.9 Å². The predicted octanol–water partition coefficient (Wildman–Crippen LogP) is 4.16. The van der Waals surface area contributed by atoms with E-state index in [-0.39, 0.29) is 28.1 Å². The number of rotatable bonds is 7. The van der Waals surface area contributed by atoms with Gasteiger partial charge in [-0.2, -0.15) is 8.42 Å². The number of para-hydroxylation sites is 1. The zero-order valence-electron chi connectivity index (χ0n) is 17.2. The van der Waals surface area contributed by atoms with Crippen LogP contribution in [-0.4, -0.2) is 22.1 Å². The lowest BCUT2D eigenvalue weighted by Crippen LogP contribution is -2.25. The van der Waals surface area contributed by atoms with E-state index in [0.717, 1.165) is 22.5 Å². The zero-order chi connectivity index (χ0) is 25.3. The summed E-state index contributed by atoms with van der Waals surface area (Å²) in [5.74, 6) is -0.366. The first-order valence-corrected chi connectivity index (χ1v) is 12.7. The van der Waals surface area contributed by atoms with Crippen LogP contribution in [0.15, 0.2) is 91.4 Å². The molecule has 0 aliphatic heterocycles. The van der Waals surface area contributed by atoms with Crippen molar-refractivity contribution in [3.05, 3.63) is 97.8 Å². The van der Waals surface area contributed by atoms with Crippen LogP contribution < -0.4 is 14.1 Å². The summed E-state index contributed by atoms with van der Waals surface area (Å²) in [4.78, 5) is 22.5. The summed E-state index contributed by atoms with van der Waals surface area (Å²) < 4.78 is 61.1. The number of fused-ring (bicyclic) bond motifs is 1. The van der Waals surface area contributed by atoms with Crippen LogP contribution in [0.4, 0.5) is 17.1 Å². The Bertz CT molecular complexity index is 1650. The molecule has 35 heavy (non-hydrogen) atoms. The van der Waals surface area contributed by atoms with Gasteiger partial charge in [0.05, 0.1) is 21.9 Å². The molecule has 1 atom stereocenters. The highest BCUT2D eigenvalue weighted by Gasteiger charge is 2.23. The number of halogens is 1. The van der Waals surface area contributed by atoms with Crippen LogP contribution in [0.3, 0.4) is 0 Å². The topological polar surface area (TPSA) is 160 Å². The SMILES string of the molecule is O=c1oc2c(OS(=O)(=O)c3cccc([N+](=O)[O-])c3)cccc2cc1N(c1cccc(Br)c1)S(=O)[O-]. The summed E-state index contributed by atoms with van der Waals surface area (Å²) in [6.45, 7) is 0. The first kappa shape index (κ1) is 24.5. The summed E-state index contributed by atoms with van der Waals surface area (Å²) in [6.07, 6.45) is 0. The summed E-state index contributed by atoms with van der Waals surface area (Å²) in [5, 5.41) is 11.1. The maximum Gasteiger partial charge on any atom is 0.361 e. The van der Waals surface area contributed by atoms with Crippen LogP contribution in [-0.2, 0) is 21.4 Å². The van der Waals surface area contributed by atoms with Gasteiger partial charge in [0, 0.05) is 22.0 Å². The Morgan fingerprint density at radius 3 is 2.43 bits per heavy atom. The standard InChI is InChI=1S/C21H13BrN2O9S2/c22-14-5-2-6-15(11-14)23(34(28)29)18-10-13-4-1-9-19(20(13)32-21(18)25)33-35(30,31)17-8-3-7-16(12-17)24(26)27/h1-12H,(H,28,29)/p-1. The van der Waals surface area contributed by atoms with E-state index in [9.17, 15) is 32.1 Å². The molecule has 1 heterocycles. The van der Waals surface area contributed by atoms with E-state index in [4.69, 9.17) is 8.60 Å². The largest absolute Gasteiger partial charge is 0.755 e. The molecule has 0 amide bonds. The number of benzene rings is 3. The monoisotopic (exact) mass is 579 g/mol. The van der Waals surface area contributed by atoms with Crippen molar-refractivity contribution in [3.8, 4) is 5.75 Å². The Balaban J connectivity index is 1.79. The van der Waals surface area contributed by atoms with Crippen LogP contribution in [0.1, 0.15) is 0 Å². The Hall–Kier alpha value is -3.59. The first-order valence-electron chi connectivity index (χ1n) is 9.48. The molecule has 14 heteroatoms. The van der Waals surface area contributed by atoms with Crippen molar-refractivity contribution in [2.75, 3.05) is 4.31 Å². The molecular weight excluding hydrogens is 568 g/mol. The number of hydrogen-bond acceptors (Lipinski definition) is 9. The van der Waals surface area contributed by atoms with Crippen molar-refractivity contribution in [1.82, 2.24) is 0 Å². The average Bonchev–Trinajstić information content (AvgIpc) is 2.80. The van der Waals surface area contributed by atoms with E-state index in [1.807, 2.05) is 0 Å². The highest BCUT2D eigenvalue weighted by Crippen LogP contribution is 2.33. The number of non-ortho nitro benzene ring substituents is 1. The molecule has 0 fully saturated rings. The van der Waals surface area contributed by atoms with Crippen molar-refractivity contribution in [2.24, 2.45) is 0 Å². The fourth-order valence-electron chi connectivity index (χ4n) is 3.14. The molecule has 0 saturated carbocycles. The molecule has 0 aliphatic rings. The number of anilines is 2. The van der Waals surface area contributed by atoms with Crippen molar-refractivity contribution < 1.29 is 30.7 Å². The van der Waals surface area contributed by atoms with Crippen LogP contribution in [0.5, 0.6) is 5.75 Å². The summed E-state index contributed by atoms with van der Waals surface area (Å²) in [7, 11) is -4.54. The smallest absolute Gasteiger partial charge is 0.361 e. The molecule has 0 N–H and O–H groups in total. The van der Waals surface area contributed by atoms with E-state index in [1.165, 1.54) is 42.5 Å². The van der Waals surface area contributed by atoms with Crippen molar-refractivity contribution in [1.29, 1.82) is 0 Å². The van der Waals surface area contributed by atoms with Crippen molar-refractivity contribution in [2.45, 2.75) is 4.90 Å². The van der Waals surface area contributed by atoms with Gasteiger partial charge in [-0.3, -0.25) is 18.6 Å². The van der Waals surface area contributed by atoms with Crippen LogP contribution in [0.25, 0.3) is 11.0 Å². The number of nitrogens with zero attached hydrogens (tertiary/aromatic N) is 2. The minimum atomic E-state index is -4.54. The molecule has 0 aliphatic carbocycles. The quantitative estimate of drug-likeness (QED) is 0.103. The maximum atomic E-state index is 12.8. The third kappa shape index (κ3) is 5.09. The van der Waals surface area contributed by atoms with Crippen LogP contribution in [0, 0.1) is 10.1 Å². The molecule has 180 valence electrons. The molecule has 4 rings (SSSR count). The predicted molar refractivity (Wildman–Crippen MR) is 129 cm³/mol. The highest BCUT2D eigenvalue weighted by atomic mass is 79.9. The summed E-state index contributed by atoms with van der Waals surface area (Å²) in [6, 6.07) is 15.7. The Morgan fingerprint density at radius 1 is 1.03 bits per heavy atom. The lowest BCUT2D eigenvalue weighted by atomic mass is 10.2. The Labute approximate surface area is 208 Å². The fraction of sp³-hybridized carbons (Fsp3) is 0. The van der Waals surface area contributed by atoms with Gasteiger partial charge in [0.15, 0.2) is 11.3 Å². The van der Waals surface area contributed by atoms with E-state index in [0.29, 0.717) is 4.47 Å². The Kier molecular flexibility index (Phi) is 6.71. The van der Waals surface area contributed by atoms with Gasteiger partial charge in [0.1, 0.15) is 10.6 Å². The molecule has 0 radical (unpaired) electrons. The fourth-order valence-corrected chi connectivity index (χ4v) is 5.08. The van der Waals surface area contributed by atoms with Gasteiger partial charge < -0.3 is 13.2 Å². The second-order valence-corrected chi connectivity index (χ2v) is 10.1. The van der Waals surface area contributed by atoms with E-state index in [2.05, 4.69) is 15.9 Å². The normalized spacial score (nSPS) is 12.3. The molecule has 0 bridgehead atoms. The van der Waals surface area contributed by atoms with Gasteiger partial charge in [-0.1, -0.05) is 40.2 Å². The second kappa shape index (κ2) is 9.58. The van der Waals surface area contributed by atoms with E-state index < -0.39 is 42.5 Å². The second-order valence-electron chi connectivity index (χ2n) is 6.88. The Morgan fingerprint density at radius 2 is 1.74 bits per heavy atom. The zero-order valence-corrected chi connectivity index (χ0v) is 20.4. The van der Waals surface area contributed by atoms with Gasteiger partial charge in [-0.15, -0.1) is 0 Å². The lowest BCUT2D eigenvalue weighted by Gasteiger charge is -2.25. The minimum absolute atomic E-state index is 0.153. The molecule has 0 saturated heterocycles. The lowest BCUT2D eigenvalue weighted by molar-refractivity contribution is -0.385. The molecule has 4 aromatic rings. The molecule has 3 aromatic carbocycles. The highest BCUT2D eigenvalue weighted by molar-refractivity contribution is 9.10. The van der Waals surface area contributed by atoms with Crippen molar-refractivity contribution >= 4 is 65.3 Å². The van der Waals surface area contributed by atoms with Gasteiger partial charge in [-0.05, 0) is 36.4 Å². The van der Waals surface area contributed by atoms with Gasteiger partial charge >= 0.3 is 15.7 Å². The molecule has 1 unspecified atom stereocenters. The molecule has 0 spiro atoms.